The maximum atomic E-state index is 13.1. The van der Waals surface area contributed by atoms with Gasteiger partial charge in [-0.05, 0) is 43.3 Å². The number of hydrogen-bond acceptors (Lipinski definition) is 7. The van der Waals surface area contributed by atoms with Crippen LogP contribution in [-0.2, 0) is 9.59 Å². The molecule has 8 nitrogen and oxygen atoms in total. The van der Waals surface area contributed by atoms with E-state index in [2.05, 4.69) is 4.90 Å². The lowest BCUT2D eigenvalue weighted by atomic mass is 10.1. The van der Waals surface area contributed by atoms with Gasteiger partial charge < -0.3 is 14.5 Å². The molecular formula is C24H24N4O4S. The first-order chi connectivity index (χ1) is 16.0. The molecule has 0 bridgehead atoms. The van der Waals surface area contributed by atoms with Crippen LogP contribution >= 0.6 is 11.3 Å². The van der Waals surface area contributed by atoms with Crippen LogP contribution in [0.15, 0.2) is 42.5 Å². The van der Waals surface area contributed by atoms with Gasteiger partial charge in [-0.25, -0.2) is 4.98 Å². The molecule has 0 aliphatic carbocycles. The van der Waals surface area contributed by atoms with E-state index in [0.29, 0.717) is 44.0 Å². The monoisotopic (exact) mass is 464 g/mol. The van der Waals surface area contributed by atoms with Crippen molar-refractivity contribution >= 4 is 50.1 Å². The zero-order chi connectivity index (χ0) is 22.9. The molecule has 170 valence electrons. The van der Waals surface area contributed by atoms with Crippen molar-refractivity contribution in [3.63, 3.8) is 0 Å². The third-order valence-corrected chi connectivity index (χ3v) is 6.98. The summed E-state index contributed by atoms with van der Waals surface area (Å²) in [5, 5.41) is 0.943. The Morgan fingerprint density at radius 2 is 1.79 bits per heavy atom. The third kappa shape index (κ3) is 4.16. The first-order valence-corrected chi connectivity index (χ1v) is 11.9. The lowest BCUT2D eigenvalue weighted by Crippen LogP contribution is -2.48. The number of ether oxygens (including phenoxy) is 1. The number of carbonyl (C=O) groups excluding carboxylic acids is 3. The zero-order valence-electron chi connectivity index (χ0n) is 18.3. The SMILES string of the molecule is CCOc1ccc2nc(N3CCN(C(=O)c4cccc(N5C(=O)CCC5=O)c4)CC3)sc2c1. The van der Waals surface area contributed by atoms with Crippen molar-refractivity contribution in [2.24, 2.45) is 0 Å². The number of carbonyl (C=O) groups is 3. The van der Waals surface area contributed by atoms with Gasteiger partial charge in [0.25, 0.3) is 5.91 Å². The summed E-state index contributed by atoms with van der Waals surface area (Å²) in [5.74, 6) is 0.307. The number of imide groups is 1. The number of thiazole rings is 1. The van der Waals surface area contributed by atoms with Gasteiger partial charge in [-0.2, -0.15) is 0 Å². The molecule has 2 aliphatic heterocycles. The summed E-state index contributed by atoms with van der Waals surface area (Å²) in [6, 6.07) is 12.7. The number of fused-ring (bicyclic) bond motifs is 1. The Morgan fingerprint density at radius 3 is 2.52 bits per heavy atom. The van der Waals surface area contributed by atoms with E-state index >= 15 is 0 Å². The number of piperazine rings is 1. The molecule has 3 amide bonds. The van der Waals surface area contributed by atoms with Crippen molar-refractivity contribution in [1.29, 1.82) is 0 Å². The summed E-state index contributed by atoms with van der Waals surface area (Å²) in [5.41, 5.74) is 1.89. The average Bonchev–Trinajstić information content (AvgIpc) is 3.41. The summed E-state index contributed by atoms with van der Waals surface area (Å²) in [4.78, 5) is 47.1. The Morgan fingerprint density at radius 1 is 1.03 bits per heavy atom. The number of amides is 3. The van der Waals surface area contributed by atoms with Crippen LogP contribution in [0.5, 0.6) is 5.75 Å². The molecule has 3 aromatic rings. The van der Waals surface area contributed by atoms with E-state index in [0.717, 1.165) is 21.1 Å². The molecular weight excluding hydrogens is 440 g/mol. The first kappa shape index (κ1) is 21.4. The van der Waals surface area contributed by atoms with Crippen LogP contribution in [0.3, 0.4) is 0 Å². The molecule has 2 fully saturated rings. The fourth-order valence-corrected chi connectivity index (χ4v) is 5.26. The molecule has 0 spiro atoms. The average molecular weight is 465 g/mol. The lowest BCUT2D eigenvalue weighted by molar-refractivity contribution is -0.121. The van der Waals surface area contributed by atoms with Gasteiger partial charge in [-0.15, -0.1) is 0 Å². The van der Waals surface area contributed by atoms with Crippen LogP contribution in [0.1, 0.15) is 30.1 Å². The van der Waals surface area contributed by atoms with Gasteiger partial charge >= 0.3 is 0 Å². The van der Waals surface area contributed by atoms with Gasteiger partial charge in [0.05, 0.1) is 22.5 Å². The van der Waals surface area contributed by atoms with Crippen LogP contribution < -0.4 is 14.5 Å². The Labute approximate surface area is 195 Å². The maximum Gasteiger partial charge on any atom is 0.254 e. The highest BCUT2D eigenvalue weighted by Crippen LogP contribution is 2.32. The van der Waals surface area contributed by atoms with Gasteiger partial charge in [0.15, 0.2) is 5.13 Å². The minimum Gasteiger partial charge on any atom is -0.494 e. The van der Waals surface area contributed by atoms with Crippen LogP contribution in [0, 0.1) is 0 Å². The van der Waals surface area contributed by atoms with Gasteiger partial charge in [0, 0.05) is 44.6 Å². The Bertz CT molecular complexity index is 1220. The Balaban J connectivity index is 1.26. The number of hydrogen-bond donors (Lipinski definition) is 0. The Hall–Kier alpha value is -3.46. The van der Waals surface area contributed by atoms with Crippen LogP contribution in [0.4, 0.5) is 10.8 Å². The summed E-state index contributed by atoms with van der Waals surface area (Å²) in [7, 11) is 0. The van der Waals surface area contributed by atoms with Crippen LogP contribution in [0.25, 0.3) is 10.2 Å². The van der Waals surface area contributed by atoms with Crippen LogP contribution in [-0.4, -0.2) is 60.4 Å². The van der Waals surface area contributed by atoms with Crippen molar-refractivity contribution in [2.75, 3.05) is 42.6 Å². The summed E-state index contributed by atoms with van der Waals surface area (Å²) < 4.78 is 6.67. The standard InChI is InChI=1S/C24H24N4O4S/c1-2-32-18-6-7-19-20(15-18)33-24(25-19)27-12-10-26(11-13-27)23(31)16-4-3-5-17(14-16)28-21(29)8-9-22(28)30/h3-7,14-15H,2,8-13H2,1H3. The number of benzene rings is 2. The number of nitrogens with zero attached hydrogens (tertiary/aromatic N) is 4. The predicted molar refractivity (Wildman–Crippen MR) is 127 cm³/mol. The zero-order valence-corrected chi connectivity index (χ0v) is 19.1. The summed E-state index contributed by atoms with van der Waals surface area (Å²) in [6.07, 6.45) is 0.440. The summed E-state index contributed by atoms with van der Waals surface area (Å²) in [6.45, 7) is 5.11. The van der Waals surface area contributed by atoms with Crippen molar-refractivity contribution in [3.05, 3.63) is 48.0 Å². The molecule has 2 saturated heterocycles. The molecule has 5 rings (SSSR count). The lowest BCUT2D eigenvalue weighted by Gasteiger charge is -2.34. The third-order valence-electron chi connectivity index (χ3n) is 5.90. The molecule has 0 radical (unpaired) electrons. The second-order valence-electron chi connectivity index (χ2n) is 8.01. The van der Waals surface area contributed by atoms with Gasteiger partial charge in [0.2, 0.25) is 11.8 Å². The highest BCUT2D eigenvalue weighted by molar-refractivity contribution is 7.22. The van der Waals surface area contributed by atoms with Gasteiger partial charge in [-0.1, -0.05) is 17.4 Å². The normalized spacial score (nSPS) is 16.7. The minimum absolute atomic E-state index is 0.0961. The second kappa shape index (κ2) is 8.82. The molecule has 1 aromatic heterocycles. The number of aromatic nitrogens is 1. The quantitative estimate of drug-likeness (QED) is 0.539. The van der Waals surface area contributed by atoms with Crippen LogP contribution in [0.2, 0.25) is 0 Å². The topological polar surface area (TPSA) is 83.1 Å². The maximum absolute atomic E-state index is 13.1. The largest absolute Gasteiger partial charge is 0.494 e. The molecule has 0 N–H and O–H groups in total. The van der Waals surface area contributed by atoms with E-state index in [-0.39, 0.29) is 30.6 Å². The molecule has 9 heteroatoms. The van der Waals surface area contributed by atoms with E-state index < -0.39 is 0 Å². The summed E-state index contributed by atoms with van der Waals surface area (Å²) >= 11 is 1.63. The first-order valence-electron chi connectivity index (χ1n) is 11.1. The smallest absolute Gasteiger partial charge is 0.254 e. The molecule has 0 unspecified atom stereocenters. The molecule has 3 heterocycles. The van der Waals surface area contributed by atoms with Gasteiger partial charge in [-0.3, -0.25) is 19.3 Å². The molecule has 0 saturated carbocycles. The van der Waals surface area contributed by atoms with E-state index in [1.165, 1.54) is 4.90 Å². The highest BCUT2D eigenvalue weighted by atomic mass is 32.1. The van der Waals surface area contributed by atoms with E-state index in [4.69, 9.17) is 9.72 Å². The molecule has 33 heavy (non-hydrogen) atoms. The fraction of sp³-hybridized carbons (Fsp3) is 0.333. The van der Waals surface area contributed by atoms with E-state index in [1.54, 1.807) is 35.6 Å². The van der Waals surface area contributed by atoms with Crippen molar-refractivity contribution in [2.45, 2.75) is 19.8 Å². The van der Waals surface area contributed by atoms with Crippen molar-refractivity contribution in [1.82, 2.24) is 9.88 Å². The fourth-order valence-electron chi connectivity index (χ4n) is 4.21. The minimum atomic E-state index is -0.220. The highest BCUT2D eigenvalue weighted by Gasteiger charge is 2.31. The van der Waals surface area contributed by atoms with E-state index in [1.807, 2.05) is 30.0 Å². The van der Waals surface area contributed by atoms with E-state index in [9.17, 15) is 14.4 Å². The van der Waals surface area contributed by atoms with Crippen molar-refractivity contribution < 1.29 is 19.1 Å². The molecule has 0 atom stereocenters. The van der Waals surface area contributed by atoms with Crippen molar-refractivity contribution in [3.8, 4) is 5.75 Å². The number of rotatable bonds is 5. The molecule has 2 aliphatic rings. The second-order valence-corrected chi connectivity index (χ2v) is 9.02. The number of anilines is 2. The van der Waals surface area contributed by atoms with Gasteiger partial charge in [0.1, 0.15) is 5.75 Å². The Kier molecular flexibility index (Phi) is 5.72. The predicted octanol–water partition coefficient (Wildman–Crippen LogP) is 3.31. The molecule has 2 aromatic carbocycles.